The number of nitrogens with two attached hydrogens (primary N) is 1. The summed E-state index contributed by atoms with van der Waals surface area (Å²) in [5.74, 6) is 4.52. The molecular formula is C15H17N3O2. The highest BCUT2D eigenvalue weighted by Gasteiger charge is 2.13. The molecule has 2 rings (SSSR count). The van der Waals surface area contributed by atoms with Crippen LogP contribution in [0.1, 0.15) is 27.2 Å². The molecule has 1 aromatic carbocycles. The quantitative estimate of drug-likeness (QED) is 0.492. The van der Waals surface area contributed by atoms with Gasteiger partial charge >= 0.3 is 0 Å². The number of rotatable bonds is 2. The molecule has 0 spiro atoms. The zero-order valence-electron chi connectivity index (χ0n) is 11.7. The SMILES string of the molecule is Cc1cccc(C)c1-n1cc(C(=O)NN)c(=O)cc1C. The Bertz CT molecular complexity index is 712. The van der Waals surface area contributed by atoms with E-state index in [2.05, 4.69) is 0 Å². The van der Waals surface area contributed by atoms with Gasteiger partial charge in [0.05, 0.1) is 5.69 Å². The first-order valence-corrected chi connectivity index (χ1v) is 6.26. The maximum absolute atomic E-state index is 11.9. The second kappa shape index (κ2) is 5.30. The Labute approximate surface area is 117 Å². The number of nitrogens with one attached hydrogen (secondary N) is 1. The van der Waals surface area contributed by atoms with Gasteiger partial charge in [0, 0.05) is 18.0 Å². The van der Waals surface area contributed by atoms with Crippen molar-refractivity contribution in [3.05, 3.63) is 63.1 Å². The number of nitrogen functional groups attached to an aromatic ring is 1. The molecule has 1 amide bonds. The molecule has 0 atom stereocenters. The third-order valence-corrected chi connectivity index (χ3v) is 3.30. The van der Waals surface area contributed by atoms with E-state index >= 15 is 0 Å². The van der Waals surface area contributed by atoms with Gasteiger partial charge in [-0.25, -0.2) is 5.84 Å². The van der Waals surface area contributed by atoms with Gasteiger partial charge in [0.1, 0.15) is 5.56 Å². The topological polar surface area (TPSA) is 77.1 Å². The molecule has 2 aromatic rings. The Morgan fingerprint density at radius 1 is 1.20 bits per heavy atom. The standard InChI is InChI=1S/C15H17N3O2/c1-9-5-4-6-10(2)14(9)18-8-12(15(20)17-16)13(19)7-11(18)3/h4-8H,16H2,1-3H3,(H,17,20). The fourth-order valence-electron chi connectivity index (χ4n) is 2.31. The molecule has 5 nitrogen and oxygen atoms in total. The number of aromatic nitrogens is 1. The molecular weight excluding hydrogens is 254 g/mol. The summed E-state index contributed by atoms with van der Waals surface area (Å²) in [5, 5.41) is 0. The third-order valence-electron chi connectivity index (χ3n) is 3.30. The number of aryl methyl sites for hydroxylation is 3. The summed E-state index contributed by atoms with van der Waals surface area (Å²) in [4.78, 5) is 23.5. The molecule has 0 aliphatic heterocycles. The first-order chi connectivity index (χ1) is 9.45. The predicted octanol–water partition coefficient (Wildman–Crippen LogP) is 1.37. The lowest BCUT2D eigenvalue weighted by Crippen LogP contribution is -2.34. The smallest absolute Gasteiger partial charge is 0.270 e. The second-order valence-corrected chi connectivity index (χ2v) is 4.78. The van der Waals surface area contributed by atoms with E-state index in [9.17, 15) is 9.59 Å². The highest BCUT2D eigenvalue weighted by molar-refractivity contribution is 5.93. The van der Waals surface area contributed by atoms with Crippen LogP contribution in [0, 0.1) is 20.8 Å². The molecule has 0 aliphatic carbocycles. The van der Waals surface area contributed by atoms with Gasteiger partial charge in [0.15, 0.2) is 5.43 Å². The number of carbonyl (C=O) groups excluding carboxylic acids is 1. The largest absolute Gasteiger partial charge is 0.320 e. The molecule has 1 heterocycles. The first kappa shape index (κ1) is 14.0. The van der Waals surface area contributed by atoms with E-state index in [1.54, 1.807) is 0 Å². The molecule has 1 aromatic heterocycles. The zero-order valence-corrected chi connectivity index (χ0v) is 11.7. The summed E-state index contributed by atoms with van der Waals surface area (Å²) in [6.45, 7) is 5.81. The minimum absolute atomic E-state index is 0.0285. The zero-order chi connectivity index (χ0) is 14.9. The highest BCUT2D eigenvalue weighted by atomic mass is 16.2. The van der Waals surface area contributed by atoms with E-state index in [0.29, 0.717) is 0 Å². The van der Waals surface area contributed by atoms with E-state index in [1.165, 1.54) is 12.3 Å². The van der Waals surface area contributed by atoms with Crippen LogP contribution in [0.15, 0.2) is 35.3 Å². The minimum atomic E-state index is -0.588. The van der Waals surface area contributed by atoms with Crippen LogP contribution in [0.3, 0.4) is 0 Å². The van der Waals surface area contributed by atoms with E-state index < -0.39 is 5.91 Å². The fraction of sp³-hybridized carbons (Fsp3) is 0.200. The monoisotopic (exact) mass is 271 g/mol. The van der Waals surface area contributed by atoms with Crippen LogP contribution in [0.4, 0.5) is 0 Å². The van der Waals surface area contributed by atoms with Gasteiger partial charge in [0.25, 0.3) is 5.91 Å². The molecule has 0 unspecified atom stereocenters. The lowest BCUT2D eigenvalue weighted by Gasteiger charge is -2.17. The van der Waals surface area contributed by atoms with Gasteiger partial charge in [-0.05, 0) is 31.9 Å². The van der Waals surface area contributed by atoms with Crippen molar-refractivity contribution in [1.29, 1.82) is 0 Å². The molecule has 104 valence electrons. The summed E-state index contributed by atoms with van der Waals surface area (Å²) in [7, 11) is 0. The maximum Gasteiger partial charge on any atom is 0.270 e. The van der Waals surface area contributed by atoms with Crippen molar-refractivity contribution in [2.45, 2.75) is 20.8 Å². The number of benzene rings is 1. The van der Waals surface area contributed by atoms with Gasteiger partial charge in [-0.3, -0.25) is 15.0 Å². The molecule has 0 fully saturated rings. The van der Waals surface area contributed by atoms with E-state index in [1.807, 2.05) is 49.0 Å². The van der Waals surface area contributed by atoms with Crippen LogP contribution < -0.4 is 16.7 Å². The molecule has 0 radical (unpaired) electrons. The van der Waals surface area contributed by atoms with E-state index in [0.717, 1.165) is 22.5 Å². The Morgan fingerprint density at radius 2 is 1.80 bits per heavy atom. The number of hydrogen-bond donors (Lipinski definition) is 2. The number of amides is 1. The predicted molar refractivity (Wildman–Crippen MR) is 77.9 cm³/mol. The summed E-state index contributed by atoms with van der Waals surface area (Å²) < 4.78 is 1.84. The van der Waals surface area contributed by atoms with E-state index in [4.69, 9.17) is 5.84 Å². The molecule has 3 N–H and O–H groups in total. The Kier molecular flexibility index (Phi) is 3.72. The van der Waals surface area contributed by atoms with Crippen LogP contribution in [0.2, 0.25) is 0 Å². The van der Waals surface area contributed by atoms with Gasteiger partial charge in [-0.15, -0.1) is 0 Å². The average Bonchev–Trinajstić information content (AvgIpc) is 2.40. The summed E-state index contributed by atoms with van der Waals surface area (Å²) in [6.07, 6.45) is 1.54. The molecule has 0 bridgehead atoms. The molecule has 0 saturated carbocycles. The van der Waals surface area contributed by atoms with Crippen molar-refractivity contribution in [3.63, 3.8) is 0 Å². The van der Waals surface area contributed by atoms with Crippen LogP contribution in [-0.2, 0) is 0 Å². The second-order valence-electron chi connectivity index (χ2n) is 4.78. The molecule has 0 aliphatic rings. The van der Waals surface area contributed by atoms with Crippen molar-refractivity contribution in [3.8, 4) is 5.69 Å². The number of hydrazine groups is 1. The van der Waals surface area contributed by atoms with Crippen molar-refractivity contribution in [2.75, 3.05) is 0 Å². The Morgan fingerprint density at radius 3 is 2.35 bits per heavy atom. The Hall–Kier alpha value is -2.40. The van der Waals surface area contributed by atoms with Crippen molar-refractivity contribution < 1.29 is 4.79 Å². The number of nitrogens with zero attached hydrogens (tertiary/aromatic N) is 1. The lowest BCUT2D eigenvalue weighted by atomic mass is 10.1. The summed E-state index contributed by atoms with van der Waals surface area (Å²) in [6, 6.07) is 7.39. The van der Waals surface area contributed by atoms with Gasteiger partial charge in [-0.2, -0.15) is 0 Å². The van der Waals surface area contributed by atoms with Crippen molar-refractivity contribution in [2.24, 2.45) is 5.84 Å². The number of carbonyl (C=O) groups is 1. The average molecular weight is 271 g/mol. The van der Waals surface area contributed by atoms with Crippen molar-refractivity contribution in [1.82, 2.24) is 9.99 Å². The Balaban J connectivity index is 2.75. The van der Waals surface area contributed by atoms with Crippen LogP contribution >= 0.6 is 0 Å². The number of pyridine rings is 1. The van der Waals surface area contributed by atoms with Gasteiger partial charge < -0.3 is 4.57 Å². The molecule has 0 saturated heterocycles. The van der Waals surface area contributed by atoms with Crippen LogP contribution in [0.5, 0.6) is 0 Å². The number of para-hydroxylation sites is 1. The highest BCUT2D eigenvalue weighted by Crippen LogP contribution is 2.20. The van der Waals surface area contributed by atoms with Gasteiger partial charge in [0.2, 0.25) is 0 Å². The van der Waals surface area contributed by atoms with Crippen LogP contribution in [-0.4, -0.2) is 10.5 Å². The normalized spacial score (nSPS) is 10.4. The van der Waals surface area contributed by atoms with Gasteiger partial charge in [-0.1, -0.05) is 18.2 Å². The van der Waals surface area contributed by atoms with Crippen LogP contribution in [0.25, 0.3) is 5.69 Å². The summed E-state index contributed by atoms with van der Waals surface area (Å²) >= 11 is 0. The first-order valence-electron chi connectivity index (χ1n) is 6.26. The maximum atomic E-state index is 11.9. The lowest BCUT2D eigenvalue weighted by molar-refractivity contribution is 0.0952. The summed E-state index contributed by atoms with van der Waals surface area (Å²) in [5.41, 5.74) is 5.55. The molecule has 5 heteroatoms. The number of hydrogen-bond acceptors (Lipinski definition) is 3. The van der Waals surface area contributed by atoms with E-state index in [-0.39, 0.29) is 11.0 Å². The third kappa shape index (κ3) is 2.35. The fourth-order valence-corrected chi connectivity index (χ4v) is 2.31. The van der Waals surface area contributed by atoms with Crippen molar-refractivity contribution >= 4 is 5.91 Å². The molecule has 20 heavy (non-hydrogen) atoms. The minimum Gasteiger partial charge on any atom is -0.320 e.